The molecule has 0 bridgehead atoms. The van der Waals surface area contributed by atoms with E-state index in [0.717, 1.165) is 6.42 Å². The van der Waals surface area contributed by atoms with Crippen LogP contribution in [0.5, 0.6) is 0 Å². The van der Waals surface area contributed by atoms with Crippen molar-refractivity contribution in [2.24, 2.45) is 0 Å². The van der Waals surface area contributed by atoms with Gasteiger partial charge in [0.05, 0.1) is 0 Å². The van der Waals surface area contributed by atoms with E-state index >= 15 is 0 Å². The SMILES string of the molecule is CN(C)C1=[C]([Sn]([CH3])([CH3])[CH3])C=CC1. The molecular formula is C10H19NSn. The third kappa shape index (κ3) is 2.06. The molecule has 1 rings (SSSR count). The summed E-state index contributed by atoms with van der Waals surface area (Å²) in [6.07, 6.45) is 5.80. The van der Waals surface area contributed by atoms with Crippen molar-refractivity contribution in [3.05, 3.63) is 21.4 Å². The Hall–Kier alpha value is 0.0787. The van der Waals surface area contributed by atoms with Crippen LogP contribution in [0.15, 0.2) is 21.4 Å². The fraction of sp³-hybridized carbons (Fsp3) is 0.600. The van der Waals surface area contributed by atoms with Crippen molar-refractivity contribution in [1.29, 1.82) is 0 Å². The summed E-state index contributed by atoms with van der Waals surface area (Å²) >= 11 is -1.81. The van der Waals surface area contributed by atoms with Gasteiger partial charge in [0.1, 0.15) is 0 Å². The molecule has 2 heteroatoms. The van der Waals surface area contributed by atoms with Crippen molar-refractivity contribution >= 4 is 18.4 Å². The molecule has 0 unspecified atom stereocenters. The van der Waals surface area contributed by atoms with Crippen LogP contribution in [0, 0.1) is 0 Å². The fourth-order valence-corrected chi connectivity index (χ4v) is 6.76. The van der Waals surface area contributed by atoms with Gasteiger partial charge in [0.2, 0.25) is 0 Å². The number of rotatable bonds is 2. The first kappa shape index (κ1) is 10.2. The zero-order chi connectivity index (χ0) is 9.35. The van der Waals surface area contributed by atoms with E-state index in [-0.39, 0.29) is 0 Å². The summed E-state index contributed by atoms with van der Waals surface area (Å²) in [7, 11) is 4.31. The molecule has 0 N–H and O–H groups in total. The molecule has 1 aliphatic carbocycles. The Morgan fingerprint density at radius 2 is 1.83 bits per heavy atom. The molecule has 12 heavy (non-hydrogen) atoms. The van der Waals surface area contributed by atoms with Crippen LogP contribution in [0.25, 0.3) is 0 Å². The zero-order valence-electron chi connectivity index (χ0n) is 8.81. The average Bonchev–Trinajstić information content (AvgIpc) is 2.30. The summed E-state index contributed by atoms with van der Waals surface area (Å²) in [5.74, 6) is 0. The molecule has 1 nitrogen and oxygen atoms in total. The standard InChI is InChI=1S/C7H10N.3CH3.Sn/c1-8(2)7-5-3-4-6-7;;;;/h3-4H,5H2,1-2H3;3*1H3;. The van der Waals surface area contributed by atoms with Crippen LogP contribution in [0.2, 0.25) is 14.8 Å². The first-order valence-electron chi connectivity index (χ1n) is 4.50. The van der Waals surface area contributed by atoms with Crippen LogP contribution in [-0.2, 0) is 0 Å². The number of nitrogens with zero attached hydrogens (tertiary/aromatic N) is 1. The molecule has 0 aliphatic heterocycles. The van der Waals surface area contributed by atoms with E-state index in [1.165, 1.54) is 0 Å². The van der Waals surface area contributed by atoms with Gasteiger partial charge in [0.25, 0.3) is 0 Å². The van der Waals surface area contributed by atoms with Gasteiger partial charge in [0.15, 0.2) is 0 Å². The van der Waals surface area contributed by atoms with Gasteiger partial charge < -0.3 is 0 Å². The third-order valence-electron chi connectivity index (χ3n) is 2.25. The van der Waals surface area contributed by atoms with Crippen LogP contribution in [0.3, 0.4) is 0 Å². The Morgan fingerprint density at radius 1 is 1.25 bits per heavy atom. The summed E-state index contributed by atoms with van der Waals surface area (Å²) < 4.78 is 1.69. The first-order valence-corrected chi connectivity index (χ1v) is 14.5. The second kappa shape index (κ2) is 3.44. The molecule has 1 aliphatic rings. The normalized spacial score (nSPS) is 17.4. The van der Waals surface area contributed by atoms with E-state index in [0.29, 0.717) is 0 Å². The quantitative estimate of drug-likeness (QED) is 0.698. The van der Waals surface area contributed by atoms with Gasteiger partial charge in [-0.15, -0.1) is 0 Å². The summed E-state index contributed by atoms with van der Waals surface area (Å²) in [6.45, 7) is 0. The van der Waals surface area contributed by atoms with Gasteiger partial charge >= 0.3 is 80.1 Å². The zero-order valence-corrected chi connectivity index (χ0v) is 11.7. The molecule has 0 atom stereocenters. The Balaban J connectivity index is 2.98. The van der Waals surface area contributed by atoms with Gasteiger partial charge in [-0.25, -0.2) is 0 Å². The molecule has 0 aromatic carbocycles. The molecule has 0 aromatic rings. The van der Waals surface area contributed by atoms with E-state index in [4.69, 9.17) is 0 Å². The molecule has 0 saturated carbocycles. The topological polar surface area (TPSA) is 3.24 Å². The summed E-state index contributed by atoms with van der Waals surface area (Å²) in [6, 6.07) is 0. The van der Waals surface area contributed by atoms with Crippen LogP contribution >= 0.6 is 0 Å². The van der Waals surface area contributed by atoms with Crippen molar-refractivity contribution < 1.29 is 0 Å². The van der Waals surface area contributed by atoms with Gasteiger partial charge in [-0.1, -0.05) is 0 Å². The van der Waals surface area contributed by atoms with Crippen LogP contribution in [0.1, 0.15) is 6.42 Å². The Kier molecular flexibility index (Phi) is 2.92. The van der Waals surface area contributed by atoms with E-state index in [1.54, 1.807) is 9.29 Å². The molecular weight excluding hydrogens is 253 g/mol. The average molecular weight is 272 g/mol. The van der Waals surface area contributed by atoms with Crippen LogP contribution < -0.4 is 0 Å². The van der Waals surface area contributed by atoms with E-state index in [9.17, 15) is 0 Å². The summed E-state index contributed by atoms with van der Waals surface area (Å²) in [5.41, 5.74) is 1.55. The minimum atomic E-state index is -1.81. The predicted octanol–water partition coefficient (Wildman–Crippen LogP) is 2.64. The molecule has 0 amide bonds. The number of hydrogen-bond acceptors (Lipinski definition) is 1. The Labute approximate surface area is 80.0 Å². The summed E-state index contributed by atoms with van der Waals surface area (Å²) in [4.78, 5) is 9.70. The Bertz CT molecular complexity index is 231. The van der Waals surface area contributed by atoms with Crippen LogP contribution in [-0.4, -0.2) is 37.4 Å². The summed E-state index contributed by atoms with van der Waals surface area (Å²) in [5, 5.41) is 0. The van der Waals surface area contributed by atoms with Gasteiger partial charge in [-0.05, 0) is 0 Å². The monoisotopic (exact) mass is 273 g/mol. The molecule has 0 fully saturated rings. The molecule has 0 radical (unpaired) electrons. The number of allylic oxidation sites excluding steroid dienone is 3. The second-order valence-corrected chi connectivity index (χ2v) is 19.0. The number of hydrogen-bond donors (Lipinski definition) is 0. The van der Waals surface area contributed by atoms with Gasteiger partial charge in [-0.2, -0.15) is 0 Å². The van der Waals surface area contributed by atoms with Crippen molar-refractivity contribution in [3.63, 3.8) is 0 Å². The molecule has 0 heterocycles. The molecule has 0 saturated heterocycles. The van der Waals surface area contributed by atoms with E-state index < -0.39 is 18.4 Å². The van der Waals surface area contributed by atoms with Gasteiger partial charge in [-0.3, -0.25) is 0 Å². The molecule has 0 aromatic heterocycles. The van der Waals surface area contributed by atoms with Crippen molar-refractivity contribution in [2.75, 3.05) is 14.1 Å². The first-order chi connectivity index (χ1) is 5.43. The van der Waals surface area contributed by atoms with Crippen molar-refractivity contribution in [1.82, 2.24) is 4.90 Å². The minimum absolute atomic E-state index is 1.15. The maximum absolute atomic E-state index is 2.48. The fourth-order valence-electron chi connectivity index (χ4n) is 1.60. The Morgan fingerprint density at radius 3 is 2.17 bits per heavy atom. The third-order valence-corrected chi connectivity index (χ3v) is 8.17. The molecule has 68 valence electrons. The second-order valence-electron chi connectivity index (χ2n) is 4.61. The van der Waals surface area contributed by atoms with Crippen molar-refractivity contribution in [3.8, 4) is 0 Å². The van der Waals surface area contributed by atoms with E-state index in [1.807, 2.05) is 0 Å². The predicted molar refractivity (Wildman–Crippen MR) is 57.8 cm³/mol. The van der Waals surface area contributed by atoms with Crippen molar-refractivity contribution in [2.45, 2.75) is 21.2 Å². The molecule has 0 spiro atoms. The van der Waals surface area contributed by atoms with Gasteiger partial charge in [0, 0.05) is 0 Å². The van der Waals surface area contributed by atoms with Crippen LogP contribution in [0.4, 0.5) is 0 Å². The maximum atomic E-state index is 2.48. The van der Waals surface area contributed by atoms with E-state index in [2.05, 4.69) is 46.0 Å².